The Labute approximate surface area is 115 Å². The van der Waals surface area contributed by atoms with E-state index in [1.165, 1.54) is 5.57 Å². The summed E-state index contributed by atoms with van der Waals surface area (Å²) >= 11 is 0. The van der Waals surface area contributed by atoms with E-state index in [0.29, 0.717) is 0 Å². The Balaban J connectivity index is 2.56. The molecule has 5 heteroatoms. The first-order valence-corrected chi connectivity index (χ1v) is 6.71. The van der Waals surface area contributed by atoms with Gasteiger partial charge in [0.25, 0.3) is 0 Å². The van der Waals surface area contributed by atoms with Crippen molar-refractivity contribution in [3.05, 3.63) is 18.0 Å². The molecule has 0 bridgehead atoms. The normalized spacial score (nSPS) is 11.9. The summed E-state index contributed by atoms with van der Waals surface area (Å²) in [4.78, 5) is 0. The molecule has 0 aromatic carbocycles. The molecule has 0 aliphatic carbocycles. The Hall–Kier alpha value is -1.33. The van der Waals surface area contributed by atoms with Crippen LogP contribution in [-0.2, 0) is 11.3 Å². The molecule has 0 aliphatic rings. The summed E-state index contributed by atoms with van der Waals surface area (Å²) in [5.74, 6) is 0.836. The molecule has 1 heterocycles. The molecule has 1 aromatic heterocycles. The molecule has 0 fully saturated rings. The molecule has 1 aromatic rings. The Morgan fingerprint density at radius 2 is 2.21 bits per heavy atom. The van der Waals surface area contributed by atoms with Gasteiger partial charge < -0.3 is 14.8 Å². The van der Waals surface area contributed by atoms with E-state index in [4.69, 9.17) is 9.47 Å². The minimum absolute atomic E-state index is 0.749. The highest BCUT2D eigenvalue weighted by molar-refractivity contribution is 5.65. The highest BCUT2D eigenvalue weighted by Crippen LogP contribution is 2.25. The van der Waals surface area contributed by atoms with Crippen LogP contribution in [0.4, 0.5) is 0 Å². The molecule has 108 valence electrons. The summed E-state index contributed by atoms with van der Waals surface area (Å²) in [6, 6.07) is 0. The van der Waals surface area contributed by atoms with Crippen molar-refractivity contribution >= 4 is 5.57 Å². The zero-order chi connectivity index (χ0) is 14.1. The van der Waals surface area contributed by atoms with Crippen LogP contribution >= 0.6 is 0 Å². The third-order valence-corrected chi connectivity index (χ3v) is 2.95. The molecule has 1 rings (SSSR count). The monoisotopic (exact) mass is 267 g/mol. The van der Waals surface area contributed by atoms with Gasteiger partial charge >= 0.3 is 0 Å². The fraction of sp³-hybridized carbons (Fsp3) is 0.643. The van der Waals surface area contributed by atoms with Gasteiger partial charge in [-0.3, -0.25) is 4.68 Å². The van der Waals surface area contributed by atoms with E-state index in [9.17, 15) is 0 Å². The molecule has 0 amide bonds. The van der Waals surface area contributed by atoms with Gasteiger partial charge in [-0.1, -0.05) is 6.08 Å². The molecule has 0 radical (unpaired) electrons. The summed E-state index contributed by atoms with van der Waals surface area (Å²) in [5, 5.41) is 7.63. The number of aromatic nitrogens is 2. The number of allylic oxidation sites excluding steroid dienone is 1. The zero-order valence-electron chi connectivity index (χ0n) is 12.4. The first-order valence-electron chi connectivity index (χ1n) is 6.71. The van der Waals surface area contributed by atoms with Crippen LogP contribution in [0.5, 0.6) is 5.75 Å². The number of methoxy groups -OCH3 is 2. The van der Waals surface area contributed by atoms with E-state index in [2.05, 4.69) is 30.3 Å². The van der Waals surface area contributed by atoms with Gasteiger partial charge in [0, 0.05) is 20.2 Å². The average molecular weight is 267 g/mol. The Bertz CT molecular complexity index is 378. The van der Waals surface area contributed by atoms with Gasteiger partial charge in [0.15, 0.2) is 5.75 Å². The van der Waals surface area contributed by atoms with Gasteiger partial charge in [-0.2, -0.15) is 5.10 Å². The summed E-state index contributed by atoms with van der Waals surface area (Å²) in [6.45, 7) is 7.61. The van der Waals surface area contributed by atoms with Gasteiger partial charge in [-0.05, 0) is 32.4 Å². The number of aryl methyl sites for hydroxylation is 1. The van der Waals surface area contributed by atoms with E-state index in [0.717, 1.165) is 44.1 Å². The van der Waals surface area contributed by atoms with Crippen LogP contribution in [0.25, 0.3) is 5.57 Å². The highest BCUT2D eigenvalue weighted by Gasteiger charge is 2.11. The minimum atomic E-state index is 0.749. The molecular formula is C14H25N3O2. The number of hydrogen-bond acceptors (Lipinski definition) is 4. The Morgan fingerprint density at radius 3 is 2.84 bits per heavy atom. The van der Waals surface area contributed by atoms with E-state index in [1.54, 1.807) is 20.4 Å². The Kier molecular flexibility index (Phi) is 7.22. The SMILES string of the molecule is CCn1ncc(OC)c1C(C)=CCCNCCOC. The smallest absolute Gasteiger partial charge is 0.164 e. The van der Waals surface area contributed by atoms with Gasteiger partial charge in [0.1, 0.15) is 5.69 Å². The van der Waals surface area contributed by atoms with Crippen molar-refractivity contribution in [2.24, 2.45) is 0 Å². The average Bonchev–Trinajstić information content (AvgIpc) is 2.85. The van der Waals surface area contributed by atoms with Gasteiger partial charge in [0.05, 0.1) is 19.9 Å². The fourth-order valence-corrected chi connectivity index (χ4v) is 1.94. The van der Waals surface area contributed by atoms with Crippen molar-refractivity contribution in [3.63, 3.8) is 0 Å². The molecule has 0 saturated heterocycles. The number of nitrogens with zero attached hydrogens (tertiary/aromatic N) is 2. The van der Waals surface area contributed by atoms with E-state index < -0.39 is 0 Å². The van der Waals surface area contributed by atoms with Crippen molar-refractivity contribution in [2.75, 3.05) is 33.9 Å². The molecular weight excluding hydrogens is 242 g/mol. The molecule has 0 spiro atoms. The second-order valence-electron chi connectivity index (χ2n) is 4.30. The van der Waals surface area contributed by atoms with Crippen LogP contribution in [0.3, 0.4) is 0 Å². The number of ether oxygens (including phenoxy) is 2. The van der Waals surface area contributed by atoms with Gasteiger partial charge in [-0.25, -0.2) is 0 Å². The van der Waals surface area contributed by atoms with Crippen molar-refractivity contribution in [2.45, 2.75) is 26.8 Å². The van der Waals surface area contributed by atoms with Crippen molar-refractivity contribution in [1.29, 1.82) is 0 Å². The van der Waals surface area contributed by atoms with E-state index in [-0.39, 0.29) is 0 Å². The standard InChI is InChI=1S/C14H25N3O2/c1-5-17-14(13(19-4)11-16-17)12(2)7-6-8-15-9-10-18-3/h7,11,15H,5-6,8-10H2,1-4H3. The van der Waals surface area contributed by atoms with Crippen LogP contribution in [0, 0.1) is 0 Å². The molecule has 19 heavy (non-hydrogen) atoms. The largest absolute Gasteiger partial charge is 0.493 e. The molecule has 1 N–H and O–H groups in total. The maximum atomic E-state index is 5.35. The van der Waals surface area contributed by atoms with E-state index >= 15 is 0 Å². The second kappa shape index (κ2) is 8.72. The van der Waals surface area contributed by atoms with Crippen LogP contribution in [-0.4, -0.2) is 43.7 Å². The lowest BCUT2D eigenvalue weighted by Gasteiger charge is -2.08. The van der Waals surface area contributed by atoms with Crippen molar-refractivity contribution < 1.29 is 9.47 Å². The summed E-state index contributed by atoms with van der Waals surface area (Å²) in [5.41, 5.74) is 2.27. The summed E-state index contributed by atoms with van der Waals surface area (Å²) in [6.07, 6.45) is 4.96. The van der Waals surface area contributed by atoms with Crippen LogP contribution in [0.15, 0.2) is 12.3 Å². The summed E-state index contributed by atoms with van der Waals surface area (Å²) < 4.78 is 12.3. The maximum Gasteiger partial charge on any atom is 0.164 e. The van der Waals surface area contributed by atoms with Crippen molar-refractivity contribution in [3.8, 4) is 5.75 Å². The lowest BCUT2D eigenvalue weighted by molar-refractivity contribution is 0.199. The highest BCUT2D eigenvalue weighted by atomic mass is 16.5. The van der Waals surface area contributed by atoms with E-state index in [1.807, 2.05) is 4.68 Å². The lowest BCUT2D eigenvalue weighted by Crippen LogP contribution is -2.19. The topological polar surface area (TPSA) is 48.3 Å². The first-order chi connectivity index (χ1) is 9.24. The second-order valence-corrected chi connectivity index (χ2v) is 4.30. The van der Waals surface area contributed by atoms with Gasteiger partial charge in [0.2, 0.25) is 0 Å². The molecule has 0 aliphatic heterocycles. The molecule has 0 saturated carbocycles. The maximum absolute atomic E-state index is 5.35. The number of hydrogen-bond donors (Lipinski definition) is 1. The van der Waals surface area contributed by atoms with Gasteiger partial charge in [-0.15, -0.1) is 0 Å². The first kappa shape index (κ1) is 15.7. The number of nitrogens with one attached hydrogen (secondary N) is 1. The minimum Gasteiger partial charge on any atom is -0.493 e. The number of rotatable bonds is 9. The predicted octanol–water partition coefficient (Wildman–Crippen LogP) is 1.94. The van der Waals surface area contributed by atoms with Crippen molar-refractivity contribution in [1.82, 2.24) is 15.1 Å². The lowest BCUT2D eigenvalue weighted by atomic mass is 10.1. The summed E-state index contributed by atoms with van der Waals surface area (Å²) in [7, 11) is 3.39. The Morgan fingerprint density at radius 1 is 1.42 bits per heavy atom. The molecule has 0 unspecified atom stereocenters. The van der Waals surface area contributed by atoms with Crippen LogP contribution in [0.1, 0.15) is 26.0 Å². The molecule has 5 nitrogen and oxygen atoms in total. The third-order valence-electron chi connectivity index (χ3n) is 2.95. The molecule has 0 atom stereocenters. The van der Waals surface area contributed by atoms with Crippen LogP contribution < -0.4 is 10.1 Å². The fourth-order valence-electron chi connectivity index (χ4n) is 1.94. The quantitative estimate of drug-likeness (QED) is 0.695. The predicted molar refractivity (Wildman–Crippen MR) is 77.5 cm³/mol. The van der Waals surface area contributed by atoms with Crippen LogP contribution in [0.2, 0.25) is 0 Å². The zero-order valence-corrected chi connectivity index (χ0v) is 12.4. The third kappa shape index (κ3) is 4.69.